The summed E-state index contributed by atoms with van der Waals surface area (Å²) in [6.45, 7) is 5.90. The Morgan fingerprint density at radius 1 is 1.62 bits per heavy atom. The van der Waals surface area contributed by atoms with Gasteiger partial charge in [-0.3, -0.25) is 4.79 Å². The maximum atomic E-state index is 10.7. The highest BCUT2D eigenvalue weighted by molar-refractivity contribution is 5.77. The predicted molar refractivity (Wildman–Crippen MR) is 55.3 cm³/mol. The molecule has 1 atom stereocenters. The molecule has 0 radical (unpaired) electrons. The molecule has 1 aliphatic carbocycles. The average molecular weight is 174 g/mol. The Morgan fingerprint density at radius 2 is 2.38 bits per heavy atom. The molecule has 0 aromatic rings. The molecule has 0 amide bonds. The maximum absolute atomic E-state index is 10.7. The van der Waals surface area contributed by atoms with Crippen molar-refractivity contribution in [2.45, 2.75) is 13.3 Å². The van der Waals surface area contributed by atoms with Gasteiger partial charge in [0.1, 0.15) is 6.29 Å². The van der Waals surface area contributed by atoms with Crippen LogP contribution in [0.25, 0.3) is 0 Å². The monoisotopic (exact) mass is 174 g/mol. The first kappa shape index (κ1) is 9.72. The zero-order valence-electron chi connectivity index (χ0n) is 7.86. The summed E-state index contributed by atoms with van der Waals surface area (Å²) in [6.07, 6.45) is 11.5. The van der Waals surface area contributed by atoms with Gasteiger partial charge in [-0.05, 0) is 24.5 Å². The fraction of sp³-hybridized carbons (Fsp3) is 0.250. The molecule has 1 rings (SSSR count). The number of hydrogen-bond donors (Lipinski definition) is 0. The van der Waals surface area contributed by atoms with Crippen molar-refractivity contribution >= 4 is 6.29 Å². The van der Waals surface area contributed by atoms with Crippen LogP contribution in [0.4, 0.5) is 0 Å². The third kappa shape index (κ3) is 2.28. The van der Waals surface area contributed by atoms with Gasteiger partial charge in [-0.1, -0.05) is 37.0 Å². The lowest BCUT2D eigenvalue weighted by Crippen LogP contribution is -2.08. The zero-order valence-corrected chi connectivity index (χ0v) is 7.86. The molecule has 68 valence electrons. The summed E-state index contributed by atoms with van der Waals surface area (Å²) in [5.41, 5.74) is 1.84. The highest BCUT2D eigenvalue weighted by Gasteiger charge is 2.16. The highest BCUT2D eigenvalue weighted by atomic mass is 16.1. The fourth-order valence-electron chi connectivity index (χ4n) is 1.41. The Bertz CT molecular complexity index is 292. The van der Waals surface area contributed by atoms with E-state index >= 15 is 0 Å². The molecule has 0 aromatic heterocycles. The van der Waals surface area contributed by atoms with Crippen molar-refractivity contribution in [2.75, 3.05) is 0 Å². The van der Waals surface area contributed by atoms with Crippen molar-refractivity contribution in [3.05, 3.63) is 48.1 Å². The molecule has 1 unspecified atom stereocenters. The lowest BCUT2D eigenvalue weighted by atomic mass is 9.86. The van der Waals surface area contributed by atoms with E-state index in [1.54, 1.807) is 0 Å². The van der Waals surface area contributed by atoms with Gasteiger partial charge >= 0.3 is 0 Å². The van der Waals surface area contributed by atoms with Gasteiger partial charge < -0.3 is 0 Å². The maximum Gasteiger partial charge on any atom is 0.146 e. The van der Waals surface area contributed by atoms with Crippen LogP contribution in [0.1, 0.15) is 13.3 Å². The van der Waals surface area contributed by atoms with E-state index in [9.17, 15) is 4.79 Å². The van der Waals surface area contributed by atoms with Gasteiger partial charge in [0.15, 0.2) is 0 Å². The first-order valence-electron chi connectivity index (χ1n) is 4.43. The Labute approximate surface area is 79.2 Å². The largest absolute Gasteiger partial charge is 0.298 e. The van der Waals surface area contributed by atoms with Gasteiger partial charge in [0.05, 0.1) is 0 Å². The minimum atomic E-state index is 0.179. The van der Waals surface area contributed by atoms with Crippen LogP contribution in [0.2, 0.25) is 0 Å². The summed E-state index contributed by atoms with van der Waals surface area (Å²) in [5, 5.41) is 0. The molecule has 0 N–H and O–H groups in total. The molecule has 0 spiro atoms. The van der Waals surface area contributed by atoms with Crippen LogP contribution in [-0.4, -0.2) is 6.29 Å². The van der Waals surface area contributed by atoms with Crippen LogP contribution >= 0.6 is 0 Å². The van der Waals surface area contributed by atoms with Gasteiger partial charge in [-0.25, -0.2) is 0 Å². The van der Waals surface area contributed by atoms with E-state index in [1.165, 1.54) is 0 Å². The van der Waals surface area contributed by atoms with Crippen LogP contribution in [0.5, 0.6) is 0 Å². The number of carbonyl (C=O) groups excluding carboxylic acids is 1. The van der Waals surface area contributed by atoms with Crippen LogP contribution < -0.4 is 0 Å². The van der Waals surface area contributed by atoms with Crippen molar-refractivity contribution in [1.82, 2.24) is 0 Å². The molecule has 1 nitrogen and oxygen atoms in total. The lowest BCUT2D eigenvalue weighted by Gasteiger charge is -2.18. The SMILES string of the molecule is C=C1C=CC=C(C=O)C1C/C=C\C. The second-order valence-electron chi connectivity index (χ2n) is 3.08. The Morgan fingerprint density at radius 3 is 3.00 bits per heavy atom. The van der Waals surface area contributed by atoms with E-state index in [0.29, 0.717) is 0 Å². The lowest BCUT2D eigenvalue weighted by molar-refractivity contribution is -0.105. The van der Waals surface area contributed by atoms with Crippen LogP contribution in [0.3, 0.4) is 0 Å². The molecule has 0 aliphatic heterocycles. The summed E-state index contributed by atoms with van der Waals surface area (Å²) in [7, 11) is 0. The van der Waals surface area contributed by atoms with Gasteiger partial charge in [0.2, 0.25) is 0 Å². The molecular weight excluding hydrogens is 160 g/mol. The van der Waals surface area contributed by atoms with Crippen LogP contribution in [0.15, 0.2) is 48.1 Å². The fourth-order valence-corrected chi connectivity index (χ4v) is 1.41. The Hall–Kier alpha value is -1.37. The standard InChI is InChI=1S/C12H14O/c1-3-4-8-12-10(2)6-5-7-11(12)9-13/h3-7,9,12H,2,8H2,1H3/b4-3-. The molecule has 1 heteroatoms. The normalized spacial score (nSPS) is 22.1. The minimum absolute atomic E-state index is 0.179. The Balaban J connectivity index is 2.79. The molecule has 0 aromatic carbocycles. The Kier molecular flexibility index (Phi) is 3.44. The van der Waals surface area contributed by atoms with Crippen molar-refractivity contribution < 1.29 is 4.79 Å². The van der Waals surface area contributed by atoms with Crippen molar-refractivity contribution in [2.24, 2.45) is 5.92 Å². The second-order valence-corrected chi connectivity index (χ2v) is 3.08. The summed E-state index contributed by atoms with van der Waals surface area (Å²) < 4.78 is 0. The number of rotatable bonds is 3. The zero-order chi connectivity index (χ0) is 9.68. The van der Waals surface area contributed by atoms with Crippen molar-refractivity contribution in [3.8, 4) is 0 Å². The van der Waals surface area contributed by atoms with E-state index < -0.39 is 0 Å². The second kappa shape index (κ2) is 4.61. The number of allylic oxidation sites excluding steroid dienone is 7. The van der Waals surface area contributed by atoms with Crippen molar-refractivity contribution in [3.63, 3.8) is 0 Å². The van der Waals surface area contributed by atoms with Crippen molar-refractivity contribution in [1.29, 1.82) is 0 Å². The molecule has 0 heterocycles. The number of carbonyl (C=O) groups is 1. The summed E-state index contributed by atoms with van der Waals surface area (Å²) >= 11 is 0. The van der Waals surface area contributed by atoms with Crippen LogP contribution in [-0.2, 0) is 4.79 Å². The van der Waals surface area contributed by atoms with E-state index in [1.807, 2.05) is 31.2 Å². The molecule has 0 saturated carbocycles. The first-order valence-corrected chi connectivity index (χ1v) is 4.43. The average Bonchev–Trinajstić information content (AvgIpc) is 2.15. The third-order valence-corrected chi connectivity index (χ3v) is 2.19. The molecular formula is C12H14O. The quantitative estimate of drug-likeness (QED) is 0.475. The van der Waals surface area contributed by atoms with Crippen LogP contribution in [0, 0.1) is 5.92 Å². The minimum Gasteiger partial charge on any atom is -0.298 e. The number of aldehydes is 1. The summed E-state index contributed by atoms with van der Waals surface area (Å²) in [5.74, 6) is 0.179. The summed E-state index contributed by atoms with van der Waals surface area (Å²) in [4.78, 5) is 10.7. The van der Waals surface area contributed by atoms with Gasteiger partial charge in [0.25, 0.3) is 0 Å². The molecule has 0 bridgehead atoms. The third-order valence-electron chi connectivity index (χ3n) is 2.19. The van der Waals surface area contributed by atoms with E-state index in [0.717, 1.165) is 23.9 Å². The highest BCUT2D eigenvalue weighted by Crippen LogP contribution is 2.26. The van der Waals surface area contributed by atoms with E-state index in [4.69, 9.17) is 0 Å². The van der Waals surface area contributed by atoms with Gasteiger partial charge in [-0.2, -0.15) is 0 Å². The van der Waals surface area contributed by atoms with E-state index in [2.05, 4.69) is 12.7 Å². The topological polar surface area (TPSA) is 17.1 Å². The number of hydrogen-bond acceptors (Lipinski definition) is 1. The smallest absolute Gasteiger partial charge is 0.146 e. The molecule has 0 fully saturated rings. The molecule has 0 saturated heterocycles. The molecule has 13 heavy (non-hydrogen) atoms. The first-order chi connectivity index (χ1) is 6.29. The molecule has 1 aliphatic rings. The van der Waals surface area contributed by atoms with Gasteiger partial charge in [-0.15, -0.1) is 0 Å². The van der Waals surface area contributed by atoms with Gasteiger partial charge in [0, 0.05) is 5.92 Å². The van der Waals surface area contributed by atoms with E-state index in [-0.39, 0.29) is 5.92 Å². The summed E-state index contributed by atoms with van der Waals surface area (Å²) in [6, 6.07) is 0. The predicted octanol–water partition coefficient (Wildman–Crippen LogP) is 2.82.